The lowest BCUT2D eigenvalue weighted by molar-refractivity contribution is -0.163. The second-order valence-electron chi connectivity index (χ2n) is 8.12. The number of benzene rings is 3. The lowest BCUT2D eigenvalue weighted by atomic mass is 9.98. The highest BCUT2D eigenvalue weighted by molar-refractivity contribution is 5.98. The van der Waals surface area contributed by atoms with Gasteiger partial charge in [-0.15, -0.1) is 0 Å². The van der Waals surface area contributed by atoms with E-state index in [2.05, 4.69) is 5.32 Å². The summed E-state index contributed by atoms with van der Waals surface area (Å²) in [4.78, 5) is 35.4. The minimum atomic E-state index is -4.10. The zero-order valence-corrected chi connectivity index (χ0v) is 18.7. The van der Waals surface area contributed by atoms with Crippen LogP contribution in [0.2, 0.25) is 0 Å². The van der Waals surface area contributed by atoms with Crippen LogP contribution in [0.15, 0.2) is 66.7 Å². The van der Waals surface area contributed by atoms with Crippen LogP contribution in [0.25, 0.3) is 11.1 Å². The molecule has 0 atom stereocenters. The van der Waals surface area contributed by atoms with E-state index in [0.29, 0.717) is 5.56 Å². The highest BCUT2D eigenvalue weighted by Crippen LogP contribution is 2.44. The van der Waals surface area contributed by atoms with Crippen LogP contribution in [-0.4, -0.2) is 42.2 Å². The van der Waals surface area contributed by atoms with Crippen molar-refractivity contribution in [3.8, 4) is 11.1 Å². The van der Waals surface area contributed by atoms with Gasteiger partial charge in [0.1, 0.15) is 6.61 Å². The predicted octanol–water partition coefficient (Wildman–Crippen LogP) is 4.81. The molecule has 3 aromatic rings. The second-order valence-corrected chi connectivity index (χ2v) is 8.12. The number of carboxylic acids is 1. The normalized spacial score (nSPS) is 12.4. The van der Waals surface area contributed by atoms with Crippen molar-refractivity contribution in [1.29, 1.82) is 0 Å². The van der Waals surface area contributed by atoms with E-state index < -0.39 is 30.4 Å². The molecule has 0 saturated carbocycles. The molecular weight excluding hydrogens is 458 g/mol. The zero-order valence-electron chi connectivity index (χ0n) is 18.7. The summed E-state index contributed by atoms with van der Waals surface area (Å²) < 4.78 is 32.1. The topological polar surface area (TPSA) is 105 Å². The van der Waals surface area contributed by atoms with Crippen LogP contribution in [0.4, 0.5) is 19.3 Å². The molecule has 3 N–H and O–H groups in total. The van der Waals surface area contributed by atoms with Crippen LogP contribution in [-0.2, 0) is 9.53 Å². The minimum absolute atomic E-state index is 0.0163. The van der Waals surface area contributed by atoms with Crippen molar-refractivity contribution < 1.29 is 33.0 Å². The van der Waals surface area contributed by atoms with Gasteiger partial charge < -0.3 is 15.2 Å². The molecule has 180 valence electrons. The Balaban J connectivity index is 1.42. The van der Waals surface area contributed by atoms with Crippen LogP contribution in [0.5, 0.6) is 0 Å². The summed E-state index contributed by atoms with van der Waals surface area (Å²) in [5, 5.41) is 13.0. The van der Waals surface area contributed by atoms with Crippen molar-refractivity contribution in [3.05, 3.63) is 89.0 Å². The summed E-state index contributed by atoms with van der Waals surface area (Å²) in [6.45, 7) is 0.275. The van der Waals surface area contributed by atoms with Gasteiger partial charge in [0.2, 0.25) is 0 Å². The third-order valence-electron chi connectivity index (χ3n) is 5.94. The van der Waals surface area contributed by atoms with Crippen LogP contribution in [0.1, 0.15) is 33.0 Å². The van der Waals surface area contributed by atoms with E-state index in [-0.39, 0.29) is 23.8 Å². The fraction of sp³-hybridized carbons (Fsp3) is 0.192. The Bertz CT molecular complexity index is 1260. The number of halogens is 2. The molecule has 0 fully saturated rings. The van der Waals surface area contributed by atoms with E-state index in [1.165, 1.54) is 19.1 Å². The number of anilines is 1. The number of hydrogen-bond donors (Lipinski definition) is 3. The summed E-state index contributed by atoms with van der Waals surface area (Å²) >= 11 is 0. The van der Waals surface area contributed by atoms with Crippen molar-refractivity contribution in [2.75, 3.05) is 18.5 Å². The predicted molar refractivity (Wildman–Crippen MR) is 125 cm³/mol. The van der Waals surface area contributed by atoms with Gasteiger partial charge in [-0.25, -0.2) is 9.59 Å². The molecule has 0 spiro atoms. The van der Waals surface area contributed by atoms with Crippen LogP contribution in [0.3, 0.4) is 0 Å². The zero-order chi connectivity index (χ0) is 25.2. The SMILES string of the molecule is Cc1c(NC(=O)OCC2c3ccccc3-c3ccccc32)cccc1C(=O)NCC(F)(F)C(=O)O. The molecule has 0 heterocycles. The summed E-state index contributed by atoms with van der Waals surface area (Å²) in [6.07, 6.45) is -0.732. The van der Waals surface area contributed by atoms with Crippen molar-refractivity contribution in [3.63, 3.8) is 0 Å². The van der Waals surface area contributed by atoms with Gasteiger partial charge in [0, 0.05) is 17.2 Å². The Labute approximate surface area is 199 Å². The molecule has 0 saturated heterocycles. The number of alkyl halides is 2. The quantitative estimate of drug-likeness (QED) is 0.450. The molecule has 0 radical (unpaired) electrons. The van der Waals surface area contributed by atoms with Crippen LogP contribution < -0.4 is 10.6 Å². The Morgan fingerprint density at radius 1 is 0.943 bits per heavy atom. The third-order valence-corrected chi connectivity index (χ3v) is 5.94. The molecule has 1 aliphatic rings. The standard InChI is InChI=1S/C26H22F2N2O5/c1-15-16(23(31)29-14-26(27,28)24(32)33)11-6-12-22(15)30-25(34)35-13-21-19-9-4-2-7-17(19)18-8-3-5-10-20(18)21/h2-12,21H,13-14H2,1H3,(H,29,31)(H,30,34)(H,32,33). The first kappa shape index (κ1) is 23.9. The molecular formula is C26H22F2N2O5. The molecule has 3 aromatic carbocycles. The van der Waals surface area contributed by atoms with Crippen molar-refractivity contribution in [2.45, 2.75) is 18.8 Å². The van der Waals surface area contributed by atoms with Gasteiger partial charge >= 0.3 is 18.0 Å². The number of hydrogen-bond acceptors (Lipinski definition) is 4. The number of fused-ring (bicyclic) bond motifs is 3. The molecule has 0 bridgehead atoms. The molecule has 0 aliphatic heterocycles. The van der Waals surface area contributed by atoms with E-state index in [9.17, 15) is 23.2 Å². The molecule has 0 aromatic heterocycles. The van der Waals surface area contributed by atoms with E-state index >= 15 is 0 Å². The molecule has 7 nitrogen and oxygen atoms in total. The highest BCUT2D eigenvalue weighted by Gasteiger charge is 2.39. The summed E-state index contributed by atoms with van der Waals surface area (Å²) in [6, 6.07) is 20.2. The minimum Gasteiger partial charge on any atom is -0.477 e. The number of nitrogens with one attached hydrogen (secondary N) is 2. The van der Waals surface area contributed by atoms with Crippen molar-refractivity contribution in [1.82, 2.24) is 5.32 Å². The van der Waals surface area contributed by atoms with Gasteiger partial charge in [-0.3, -0.25) is 10.1 Å². The van der Waals surface area contributed by atoms with Crippen molar-refractivity contribution in [2.24, 2.45) is 0 Å². The molecule has 0 unspecified atom stereocenters. The summed E-state index contributed by atoms with van der Waals surface area (Å²) in [5.74, 6) is -7.44. The maximum atomic E-state index is 13.3. The largest absolute Gasteiger partial charge is 0.477 e. The van der Waals surface area contributed by atoms with Gasteiger partial charge in [-0.2, -0.15) is 8.78 Å². The highest BCUT2D eigenvalue weighted by atomic mass is 19.3. The van der Waals surface area contributed by atoms with Gasteiger partial charge in [-0.05, 0) is 46.9 Å². The van der Waals surface area contributed by atoms with E-state index in [0.717, 1.165) is 22.3 Å². The number of amides is 2. The fourth-order valence-electron chi connectivity index (χ4n) is 4.12. The first-order chi connectivity index (χ1) is 16.7. The van der Waals surface area contributed by atoms with Gasteiger partial charge in [0.25, 0.3) is 5.91 Å². The van der Waals surface area contributed by atoms with Gasteiger partial charge in [-0.1, -0.05) is 54.6 Å². The van der Waals surface area contributed by atoms with Gasteiger partial charge in [0.05, 0.1) is 6.54 Å². The maximum Gasteiger partial charge on any atom is 0.411 e. The Hall–Kier alpha value is -4.27. The molecule has 9 heteroatoms. The maximum absolute atomic E-state index is 13.3. The molecule has 35 heavy (non-hydrogen) atoms. The van der Waals surface area contributed by atoms with E-state index in [1.54, 1.807) is 6.07 Å². The van der Waals surface area contributed by atoms with Gasteiger partial charge in [0.15, 0.2) is 0 Å². The lowest BCUT2D eigenvalue weighted by Gasteiger charge is -2.16. The summed E-state index contributed by atoms with van der Waals surface area (Å²) in [7, 11) is 0. The number of carboxylic acid groups (broad SMARTS) is 1. The average Bonchev–Trinajstić information content (AvgIpc) is 3.16. The summed E-state index contributed by atoms with van der Waals surface area (Å²) in [5.41, 5.74) is 4.92. The molecule has 2 amide bonds. The monoisotopic (exact) mass is 480 g/mol. The Morgan fingerprint density at radius 2 is 1.54 bits per heavy atom. The molecule has 4 rings (SSSR count). The number of rotatable bonds is 7. The number of carbonyl (C=O) groups excluding carboxylic acids is 2. The second kappa shape index (κ2) is 9.54. The lowest BCUT2D eigenvalue weighted by Crippen LogP contribution is -2.42. The average molecular weight is 480 g/mol. The number of carbonyl (C=O) groups is 3. The Morgan fingerprint density at radius 3 is 2.14 bits per heavy atom. The Kier molecular flexibility index (Phi) is 6.50. The first-order valence-electron chi connectivity index (χ1n) is 10.8. The van der Waals surface area contributed by atoms with Crippen LogP contribution in [0, 0.1) is 6.92 Å². The fourth-order valence-corrected chi connectivity index (χ4v) is 4.12. The van der Waals surface area contributed by atoms with E-state index in [1.807, 2.05) is 53.8 Å². The molecule has 1 aliphatic carbocycles. The smallest absolute Gasteiger partial charge is 0.411 e. The van der Waals surface area contributed by atoms with E-state index in [4.69, 9.17) is 9.84 Å². The number of aliphatic carboxylic acids is 1. The van der Waals surface area contributed by atoms with Crippen LogP contribution >= 0.6 is 0 Å². The number of ether oxygens (including phenoxy) is 1. The third kappa shape index (κ3) is 4.84. The van der Waals surface area contributed by atoms with Crippen molar-refractivity contribution >= 4 is 23.7 Å². The first-order valence-corrected chi connectivity index (χ1v) is 10.8.